The Morgan fingerprint density at radius 2 is 1.83 bits per heavy atom. The Balaban J connectivity index is 1.31. The van der Waals surface area contributed by atoms with Gasteiger partial charge < -0.3 is 15.0 Å². The number of hydrogen-bond donors (Lipinski definition) is 1. The number of rotatable bonds is 6. The molecule has 30 heavy (non-hydrogen) atoms. The van der Waals surface area contributed by atoms with Crippen LogP contribution in [0.5, 0.6) is 5.75 Å². The highest BCUT2D eigenvalue weighted by Crippen LogP contribution is 2.49. The molecule has 6 heteroatoms. The van der Waals surface area contributed by atoms with Crippen molar-refractivity contribution in [3.8, 4) is 5.75 Å². The topological polar surface area (TPSA) is 58.6 Å². The lowest BCUT2D eigenvalue weighted by Crippen LogP contribution is -2.48. The maximum atomic E-state index is 13.0. The van der Waals surface area contributed by atoms with Gasteiger partial charge in [0.1, 0.15) is 5.75 Å². The fraction of sp³-hybridized carbons (Fsp3) is 0.417. The van der Waals surface area contributed by atoms with Gasteiger partial charge in [-0.1, -0.05) is 28.1 Å². The summed E-state index contributed by atoms with van der Waals surface area (Å²) in [6.45, 7) is 3.85. The van der Waals surface area contributed by atoms with Gasteiger partial charge in [-0.25, -0.2) is 0 Å². The second kappa shape index (κ2) is 8.80. The zero-order valence-electron chi connectivity index (χ0n) is 17.2. The second-order valence-electron chi connectivity index (χ2n) is 8.09. The molecule has 1 aliphatic heterocycles. The van der Waals surface area contributed by atoms with Crippen LogP contribution in [0.4, 0.5) is 0 Å². The van der Waals surface area contributed by atoms with Gasteiger partial charge in [0.2, 0.25) is 5.91 Å². The first-order valence-electron chi connectivity index (χ1n) is 10.6. The van der Waals surface area contributed by atoms with Gasteiger partial charge >= 0.3 is 0 Å². The summed E-state index contributed by atoms with van der Waals surface area (Å²) < 4.78 is 6.44. The molecule has 1 saturated carbocycles. The van der Waals surface area contributed by atoms with Crippen molar-refractivity contribution in [2.24, 2.45) is 0 Å². The van der Waals surface area contributed by atoms with Crippen LogP contribution < -0.4 is 10.1 Å². The van der Waals surface area contributed by atoms with Gasteiger partial charge in [0.05, 0.1) is 12.0 Å². The van der Waals surface area contributed by atoms with Gasteiger partial charge in [-0.3, -0.25) is 9.59 Å². The van der Waals surface area contributed by atoms with Crippen molar-refractivity contribution in [2.45, 2.75) is 44.1 Å². The molecule has 5 nitrogen and oxygen atoms in total. The molecule has 0 atom stereocenters. The number of halogens is 1. The molecule has 158 valence electrons. The Morgan fingerprint density at radius 3 is 2.43 bits per heavy atom. The number of amides is 2. The van der Waals surface area contributed by atoms with E-state index in [1.54, 1.807) is 0 Å². The molecule has 2 fully saturated rings. The summed E-state index contributed by atoms with van der Waals surface area (Å²) in [4.78, 5) is 27.7. The molecule has 1 saturated heterocycles. The molecule has 4 rings (SSSR count). The first kappa shape index (κ1) is 20.9. The van der Waals surface area contributed by atoms with Crippen LogP contribution in [0.15, 0.2) is 53.0 Å². The SMILES string of the molecule is CCOc1ccc(C(=O)N2CCC(NC(=O)C3(c4cccc(Br)c4)CC3)CC2)cc1. The van der Waals surface area contributed by atoms with E-state index in [1.165, 1.54) is 0 Å². The minimum absolute atomic E-state index is 0.0376. The molecule has 0 bridgehead atoms. The number of ether oxygens (including phenoxy) is 1. The van der Waals surface area contributed by atoms with Crippen LogP contribution in [-0.2, 0) is 10.2 Å². The number of carbonyl (C=O) groups excluding carboxylic acids is 2. The quantitative estimate of drug-likeness (QED) is 0.684. The summed E-state index contributed by atoms with van der Waals surface area (Å²) >= 11 is 3.50. The molecule has 0 aromatic heterocycles. The zero-order chi connectivity index (χ0) is 21.1. The highest BCUT2D eigenvalue weighted by atomic mass is 79.9. The van der Waals surface area contributed by atoms with Crippen LogP contribution in [0, 0.1) is 0 Å². The second-order valence-corrected chi connectivity index (χ2v) is 9.01. The van der Waals surface area contributed by atoms with Crippen molar-refractivity contribution < 1.29 is 14.3 Å². The lowest BCUT2D eigenvalue weighted by atomic mass is 9.94. The highest BCUT2D eigenvalue weighted by molar-refractivity contribution is 9.10. The van der Waals surface area contributed by atoms with E-state index in [-0.39, 0.29) is 23.3 Å². The maximum Gasteiger partial charge on any atom is 0.253 e. The molecule has 1 N–H and O–H groups in total. The van der Waals surface area contributed by atoms with E-state index in [2.05, 4.69) is 21.2 Å². The van der Waals surface area contributed by atoms with Gasteiger partial charge in [-0.05, 0) is 74.6 Å². The van der Waals surface area contributed by atoms with E-state index in [1.807, 2.05) is 60.4 Å². The van der Waals surface area contributed by atoms with Gasteiger partial charge in [-0.2, -0.15) is 0 Å². The van der Waals surface area contributed by atoms with E-state index in [0.29, 0.717) is 25.3 Å². The molecule has 1 aliphatic carbocycles. The van der Waals surface area contributed by atoms with Crippen LogP contribution in [0.3, 0.4) is 0 Å². The van der Waals surface area contributed by atoms with Crippen molar-refractivity contribution in [1.82, 2.24) is 10.2 Å². The third kappa shape index (κ3) is 4.38. The summed E-state index contributed by atoms with van der Waals surface area (Å²) in [5.41, 5.74) is 1.38. The number of likely N-dealkylation sites (tertiary alicyclic amines) is 1. The van der Waals surface area contributed by atoms with Crippen LogP contribution in [0.25, 0.3) is 0 Å². The van der Waals surface area contributed by atoms with Crippen molar-refractivity contribution in [3.63, 3.8) is 0 Å². The Morgan fingerprint density at radius 1 is 1.13 bits per heavy atom. The molecule has 0 spiro atoms. The lowest BCUT2D eigenvalue weighted by Gasteiger charge is -2.33. The minimum Gasteiger partial charge on any atom is -0.494 e. The summed E-state index contributed by atoms with van der Waals surface area (Å²) in [6, 6.07) is 15.5. The third-order valence-corrected chi connectivity index (χ3v) is 6.58. The first-order chi connectivity index (χ1) is 14.5. The van der Waals surface area contributed by atoms with Crippen LogP contribution in [0.1, 0.15) is 48.5 Å². The summed E-state index contributed by atoms with van der Waals surface area (Å²) in [5.74, 6) is 0.933. The summed E-state index contributed by atoms with van der Waals surface area (Å²) in [7, 11) is 0. The molecule has 2 amide bonds. The van der Waals surface area contributed by atoms with Crippen molar-refractivity contribution in [2.75, 3.05) is 19.7 Å². The van der Waals surface area contributed by atoms with E-state index < -0.39 is 0 Å². The standard InChI is InChI=1S/C24H27BrN2O3/c1-2-30-21-8-6-17(7-9-21)22(28)27-14-10-20(11-15-27)26-23(29)24(12-13-24)18-4-3-5-19(25)16-18/h3-9,16,20H,2,10-15H2,1H3,(H,26,29). The van der Waals surface area contributed by atoms with Gasteiger partial charge in [0.15, 0.2) is 0 Å². The van der Waals surface area contributed by atoms with E-state index in [9.17, 15) is 9.59 Å². The molecular weight excluding hydrogens is 444 g/mol. The normalized spacial score (nSPS) is 18.0. The zero-order valence-corrected chi connectivity index (χ0v) is 18.8. The average Bonchev–Trinajstić information content (AvgIpc) is 3.57. The van der Waals surface area contributed by atoms with E-state index in [4.69, 9.17) is 4.74 Å². The smallest absolute Gasteiger partial charge is 0.253 e. The van der Waals surface area contributed by atoms with Crippen molar-refractivity contribution in [1.29, 1.82) is 0 Å². The molecule has 2 aromatic carbocycles. The molecule has 2 aromatic rings. The summed E-state index contributed by atoms with van der Waals surface area (Å²) in [5, 5.41) is 3.25. The maximum absolute atomic E-state index is 13.0. The van der Waals surface area contributed by atoms with Crippen LogP contribution in [0.2, 0.25) is 0 Å². The average molecular weight is 471 g/mol. The molecule has 0 unspecified atom stereocenters. The number of nitrogens with one attached hydrogen (secondary N) is 1. The Kier molecular flexibility index (Phi) is 6.14. The van der Waals surface area contributed by atoms with Gasteiger partial charge in [0.25, 0.3) is 5.91 Å². The number of nitrogens with zero attached hydrogens (tertiary/aromatic N) is 1. The third-order valence-electron chi connectivity index (χ3n) is 6.09. The predicted octanol–water partition coefficient (Wildman–Crippen LogP) is 4.30. The first-order valence-corrected chi connectivity index (χ1v) is 11.4. The molecule has 0 radical (unpaired) electrons. The number of benzene rings is 2. The number of piperidine rings is 1. The Bertz CT molecular complexity index is 916. The fourth-order valence-electron chi connectivity index (χ4n) is 4.15. The van der Waals surface area contributed by atoms with Crippen LogP contribution >= 0.6 is 15.9 Å². The monoisotopic (exact) mass is 470 g/mol. The fourth-order valence-corrected chi connectivity index (χ4v) is 4.55. The van der Waals surface area contributed by atoms with E-state index in [0.717, 1.165) is 41.5 Å². The highest BCUT2D eigenvalue weighted by Gasteiger charge is 2.51. The van der Waals surface area contributed by atoms with Crippen molar-refractivity contribution in [3.05, 3.63) is 64.1 Å². The van der Waals surface area contributed by atoms with Crippen molar-refractivity contribution >= 4 is 27.7 Å². The number of hydrogen-bond acceptors (Lipinski definition) is 3. The molecular formula is C24H27BrN2O3. The Labute approximate surface area is 185 Å². The largest absolute Gasteiger partial charge is 0.494 e. The lowest BCUT2D eigenvalue weighted by molar-refractivity contribution is -0.124. The molecule has 1 heterocycles. The predicted molar refractivity (Wildman–Crippen MR) is 120 cm³/mol. The Hall–Kier alpha value is -2.34. The van der Waals surface area contributed by atoms with Gasteiger partial charge in [-0.15, -0.1) is 0 Å². The molecule has 2 aliphatic rings. The summed E-state index contributed by atoms with van der Waals surface area (Å²) in [6.07, 6.45) is 3.35. The number of carbonyl (C=O) groups is 2. The minimum atomic E-state index is -0.376. The van der Waals surface area contributed by atoms with Crippen LogP contribution in [-0.4, -0.2) is 42.5 Å². The van der Waals surface area contributed by atoms with E-state index >= 15 is 0 Å². The van der Waals surface area contributed by atoms with Gasteiger partial charge in [0, 0.05) is 29.2 Å².